The molecule has 18 heavy (non-hydrogen) atoms. The standard InChI is InChI=1S/C13H21N3O2/c1-9-6-10(16(17)18)8-15-11(9)7-12(14-5)13(2,3)4/h6,8,12,14H,7H2,1-5H3. The topological polar surface area (TPSA) is 68.1 Å². The Hall–Kier alpha value is -1.49. The zero-order valence-corrected chi connectivity index (χ0v) is 11.7. The van der Waals surface area contributed by atoms with Gasteiger partial charge in [-0.3, -0.25) is 15.1 Å². The molecule has 5 nitrogen and oxygen atoms in total. The first-order chi connectivity index (χ1) is 8.25. The fourth-order valence-corrected chi connectivity index (χ4v) is 1.94. The van der Waals surface area contributed by atoms with Crippen LogP contribution >= 0.6 is 0 Å². The van der Waals surface area contributed by atoms with Gasteiger partial charge in [-0.05, 0) is 24.9 Å². The lowest BCUT2D eigenvalue weighted by molar-refractivity contribution is -0.385. The predicted molar refractivity (Wildman–Crippen MR) is 71.6 cm³/mol. The molecule has 1 heterocycles. The third-order valence-electron chi connectivity index (χ3n) is 3.17. The lowest BCUT2D eigenvalue weighted by atomic mass is 9.83. The molecule has 1 rings (SSSR count). The minimum Gasteiger partial charge on any atom is -0.316 e. The molecular weight excluding hydrogens is 230 g/mol. The molecule has 1 N–H and O–H groups in total. The number of nitro groups is 1. The maximum atomic E-state index is 10.7. The fourth-order valence-electron chi connectivity index (χ4n) is 1.94. The Morgan fingerprint density at radius 1 is 1.50 bits per heavy atom. The average Bonchev–Trinajstić information content (AvgIpc) is 2.25. The Balaban J connectivity index is 2.95. The summed E-state index contributed by atoms with van der Waals surface area (Å²) in [6.45, 7) is 8.35. The summed E-state index contributed by atoms with van der Waals surface area (Å²) in [5.74, 6) is 0. The summed E-state index contributed by atoms with van der Waals surface area (Å²) in [7, 11) is 1.93. The molecule has 0 aliphatic heterocycles. The van der Waals surface area contributed by atoms with Crippen LogP contribution in [0.5, 0.6) is 0 Å². The number of rotatable bonds is 4. The van der Waals surface area contributed by atoms with Gasteiger partial charge < -0.3 is 5.32 Å². The first-order valence-corrected chi connectivity index (χ1v) is 6.03. The van der Waals surface area contributed by atoms with Crippen LogP contribution in [0.15, 0.2) is 12.3 Å². The van der Waals surface area contributed by atoms with E-state index in [0.717, 1.165) is 17.7 Å². The second kappa shape index (κ2) is 5.44. The van der Waals surface area contributed by atoms with Crippen molar-refractivity contribution in [3.05, 3.63) is 33.6 Å². The van der Waals surface area contributed by atoms with Crippen molar-refractivity contribution >= 4 is 5.69 Å². The van der Waals surface area contributed by atoms with E-state index in [2.05, 4.69) is 31.1 Å². The lowest BCUT2D eigenvalue weighted by Crippen LogP contribution is -2.40. The van der Waals surface area contributed by atoms with Gasteiger partial charge in [-0.2, -0.15) is 0 Å². The molecule has 0 bridgehead atoms. The van der Waals surface area contributed by atoms with Crippen LogP contribution in [0, 0.1) is 22.5 Å². The molecule has 1 aromatic heterocycles. The van der Waals surface area contributed by atoms with Crippen molar-refractivity contribution in [1.29, 1.82) is 0 Å². The van der Waals surface area contributed by atoms with Crippen LogP contribution in [0.2, 0.25) is 0 Å². The van der Waals surface area contributed by atoms with Gasteiger partial charge in [0.25, 0.3) is 5.69 Å². The Kier molecular flexibility index (Phi) is 4.40. The van der Waals surface area contributed by atoms with Gasteiger partial charge in [0.2, 0.25) is 0 Å². The summed E-state index contributed by atoms with van der Waals surface area (Å²) in [6.07, 6.45) is 2.10. The van der Waals surface area contributed by atoms with Gasteiger partial charge in [-0.1, -0.05) is 20.8 Å². The highest BCUT2D eigenvalue weighted by molar-refractivity contribution is 5.33. The second-order valence-corrected chi connectivity index (χ2v) is 5.63. The number of hydrogen-bond acceptors (Lipinski definition) is 4. The van der Waals surface area contributed by atoms with Gasteiger partial charge in [-0.15, -0.1) is 0 Å². The fraction of sp³-hybridized carbons (Fsp3) is 0.615. The van der Waals surface area contributed by atoms with Crippen LogP contribution in [0.3, 0.4) is 0 Å². The molecule has 0 spiro atoms. The minimum absolute atomic E-state index is 0.0491. The molecule has 100 valence electrons. The highest BCUT2D eigenvalue weighted by atomic mass is 16.6. The van der Waals surface area contributed by atoms with E-state index >= 15 is 0 Å². The van der Waals surface area contributed by atoms with E-state index in [9.17, 15) is 10.1 Å². The smallest absolute Gasteiger partial charge is 0.287 e. The molecular formula is C13H21N3O2. The van der Waals surface area contributed by atoms with Gasteiger partial charge in [0.05, 0.1) is 4.92 Å². The molecule has 1 aromatic rings. The number of nitrogens with one attached hydrogen (secondary N) is 1. The molecule has 1 unspecified atom stereocenters. The predicted octanol–water partition coefficient (Wildman–Crippen LogP) is 2.47. The van der Waals surface area contributed by atoms with Gasteiger partial charge in [0.1, 0.15) is 6.20 Å². The Morgan fingerprint density at radius 3 is 2.50 bits per heavy atom. The number of hydrogen-bond donors (Lipinski definition) is 1. The SMILES string of the molecule is CNC(Cc1ncc([N+](=O)[O-])cc1C)C(C)(C)C. The van der Waals surface area contributed by atoms with Crippen molar-refractivity contribution in [2.45, 2.75) is 40.2 Å². The zero-order valence-electron chi connectivity index (χ0n) is 11.7. The number of aryl methyl sites for hydroxylation is 1. The van der Waals surface area contributed by atoms with Crippen molar-refractivity contribution in [3.8, 4) is 0 Å². The molecule has 0 saturated carbocycles. The first kappa shape index (κ1) is 14.6. The third kappa shape index (κ3) is 3.50. The van der Waals surface area contributed by atoms with Crippen molar-refractivity contribution < 1.29 is 4.92 Å². The largest absolute Gasteiger partial charge is 0.316 e. The second-order valence-electron chi connectivity index (χ2n) is 5.63. The lowest BCUT2D eigenvalue weighted by Gasteiger charge is -2.30. The van der Waals surface area contributed by atoms with Crippen molar-refractivity contribution in [1.82, 2.24) is 10.3 Å². The molecule has 0 fully saturated rings. The van der Waals surface area contributed by atoms with Crippen LogP contribution in [0.25, 0.3) is 0 Å². The Labute approximate surface area is 108 Å². The molecule has 5 heteroatoms. The normalized spacial score (nSPS) is 13.4. The summed E-state index contributed by atoms with van der Waals surface area (Å²) in [5, 5.41) is 13.9. The summed E-state index contributed by atoms with van der Waals surface area (Å²) < 4.78 is 0. The van der Waals surface area contributed by atoms with E-state index in [1.54, 1.807) is 6.07 Å². The number of pyridine rings is 1. The van der Waals surface area contributed by atoms with Gasteiger partial charge in [0.15, 0.2) is 0 Å². The summed E-state index contributed by atoms with van der Waals surface area (Å²) in [6, 6.07) is 1.86. The van der Waals surface area contributed by atoms with E-state index in [-0.39, 0.29) is 17.1 Å². The van der Waals surface area contributed by atoms with Crippen molar-refractivity contribution in [2.75, 3.05) is 7.05 Å². The van der Waals surface area contributed by atoms with Gasteiger partial charge in [-0.25, -0.2) is 0 Å². The maximum Gasteiger partial charge on any atom is 0.287 e. The number of nitrogens with zero attached hydrogens (tertiary/aromatic N) is 2. The van der Waals surface area contributed by atoms with Crippen LogP contribution in [-0.2, 0) is 6.42 Å². The molecule has 1 atom stereocenters. The van der Waals surface area contributed by atoms with Gasteiger partial charge in [0, 0.05) is 24.2 Å². The molecule has 0 amide bonds. The number of likely N-dealkylation sites (N-methyl/N-ethyl adjacent to an activating group) is 1. The molecule has 0 aromatic carbocycles. The highest BCUT2D eigenvalue weighted by Crippen LogP contribution is 2.23. The molecule has 0 aliphatic rings. The zero-order chi connectivity index (χ0) is 13.9. The summed E-state index contributed by atoms with van der Waals surface area (Å²) >= 11 is 0. The average molecular weight is 251 g/mol. The van der Waals surface area contributed by atoms with Gasteiger partial charge >= 0.3 is 0 Å². The quantitative estimate of drug-likeness (QED) is 0.659. The van der Waals surface area contributed by atoms with Crippen LogP contribution in [0.4, 0.5) is 5.69 Å². The first-order valence-electron chi connectivity index (χ1n) is 6.03. The van der Waals surface area contributed by atoms with Crippen molar-refractivity contribution in [2.24, 2.45) is 5.41 Å². The van der Waals surface area contributed by atoms with Crippen LogP contribution in [0.1, 0.15) is 32.0 Å². The maximum absolute atomic E-state index is 10.7. The molecule has 0 aliphatic carbocycles. The van der Waals surface area contributed by atoms with E-state index in [1.807, 2.05) is 14.0 Å². The number of aromatic nitrogens is 1. The van der Waals surface area contributed by atoms with E-state index in [4.69, 9.17) is 0 Å². The molecule has 0 radical (unpaired) electrons. The minimum atomic E-state index is -0.414. The highest BCUT2D eigenvalue weighted by Gasteiger charge is 2.24. The molecule has 0 saturated heterocycles. The monoisotopic (exact) mass is 251 g/mol. The van der Waals surface area contributed by atoms with Crippen molar-refractivity contribution in [3.63, 3.8) is 0 Å². The third-order valence-corrected chi connectivity index (χ3v) is 3.17. The van der Waals surface area contributed by atoms with E-state index in [1.165, 1.54) is 6.20 Å². The van der Waals surface area contributed by atoms with E-state index in [0.29, 0.717) is 0 Å². The summed E-state index contributed by atoms with van der Waals surface area (Å²) in [5.41, 5.74) is 1.95. The Bertz CT molecular complexity index is 438. The summed E-state index contributed by atoms with van der Waals surface area (Å²) in [4.78, 5) is 14.5. The van der Waals surface area contributed by atoms with Crippen LogP contribution in [-0.4, -0.2) is 23.0 Å². The Morgan fingerprint density at radius 2 is 2.11 bits per heavy atom. The van der Waals surface area contributed by atoms with Crippen LogP contribution < -0.4 is 5.32 Å². The van der Waals surface area contributed by atoms with E-state index < -0.39 is 4.92 Å².